The number of aromatic nitrogens is 3. The van der Waals surface area contributed by atoms with Gasteiger partial charge in [-0.1, -0.05) is 17.7 Å². The summed E-state index contributed by atoms with van der Waals surface area (Å²) >= 11 is 6.03. The van der Waals surface area contributed by atoms with Crippen LogP contribution in [0, 0.1) is 5.41 Å². The number of hydrogen-bond donors (Lipinski definition) is 1. The highest BCUT2D eigenvalue weighted by Gasteiger charge is 2.42. The van der Waals surface area contributed by atoms with Crippen molar-refractivity contribution in [3.63, 3.8) is 0 Å². The number of pyridine rings is 1. The maximum atomic E-state index is 8.15. The fourth-order valence-electron chi connectivity index (χ4n) is 3.86. The molecule has 8 heteroatoms. The van der Waals surface area contributed by atoms with Crippen LogP contribution in [0.25, 0.3) is 5.57 Å². The van der Waals surface area contributed by atoms with E-state index in [1.807, 2.05) is 29.3 Å². The molecule has 1 spiro atoms. The predicted octanol–water partition coefficient (Wildman–Crippen LogP) is 2.92. The summed E-state index contributed by atoms with van der Waals surface area (Å²) in [6.07, 6.45) is 11.9. The van der Waals surface area contributed by atoms with Gasteiger partial charge in [0.25, 0.3) is 0 Å². The normalized spacial score (nSPS) is 23.8. The number of halogens is 1. The molecule has 7 nitrogen and oxygen atoms in total. The topological polar surface area (TPSA) is 79.4 Å². The average molecular weight is 409 g/mol. The zero-order chi connectivity index (χ0) is 19.8. The smallest absolute Gasteiger partial charge is 0.128 e. The van der Waals surface area contributed by atoms with E-state index in [-0.39, 0.29) is 0 Å². The van der Waals surface area contributed by atoms with E-state index in [4.69, 9.17) is 21.7 Å². The largest absolute Gasteiger partial charge is 0.378 e. The molecule has 1 unspecified atom stereocenters. The van der Waals surface area contributed by atoms with Crippen LogP contribution >= 0.6 is 11.6 Å². The molecule has 2 aliphatic heterocycles. The minimum Gasteiger partial charge on any atom is -0.378 e. The summed E-state index contributed by atoms with van der Waals surface area (Å²) in [5, 5.41) is 13.1. The molecule has 3 aliphatic rings. The second-order valence-corrected chi connectivity index (χ2v) is 7.89. The van der Waals surface area contributed by atoms with Gasteiger partial charge in [-0.2, -0.15) is 5.10 Å². The van der Waals surface area contributed by atoms with Crippen molar-refractivity contribution in [3.8, 4) is 0 Å². The van der Waals surface area contributed by atoms with Crippen LogP contribution in [0.3, 0.4) is 0 Å². The molecule has 5 rings (SSSR count). The van der Waals surface area contributed by atoms with Gasteiger partial charge in [-0.15, -0.1) is 0 Å². The number of allylic oxidation sites excluding steroid dienone is 1. The molecule has 1 saturated heterocycles. The molecule has 4 heterocycles. The lowest BCUT2D eigenvalue weighted by Crippen LogP contribution is -2.41. The van der Waals surface area contributed by atoms with Gasteiger partial charge in [0.2, 0.25) is 0 Å². The second kappa shape index (κ2) is 7.24. The number of dihydropyridines is 1. The molecule has 148 valence electrons. The van der Waals surface area contributed by atoms with Crippen molar-refractivity contribution in [2.24, 2.45) is 4.99 Å². The summed E-state index contributed by atoms with van der Waals surface area (Å²) in [4.78, 5) is 11.3. The van der Waals surface area contributed by atoms with Crippen molar-refractivity contribution in [1.82, 2.24) is 14.8 Å². The Morgan fingerprint density at radius 2 is 2.00 bits per heavy atom. The van der Waals surface area contributed by atoms with Gasteiger partial charge in [0.05, 0.1) is 31.7 Å². The van der Waals surface area contributed by atoms with E-state index in [0.29, 0.717) is 23.8 Å². The molecule has 29 heavy (non-hydrogen) atoms. The first-order chi connectivity index (χ1) is 14.1. The molecule has 2 aromatic heterocycles. The highest BCUT2D eigenvalue weighted by molar-refractivity contribution is 6.69. The van der Waals surface area contributed by atoms with Crippen LogP contribution in [-0.4, -0.2) is 57.5 Å². The molecular weight excluding hydrogens is 388 g/mol. The van der Waals surface area contributed by atoms with Crippen molar-refractivity contribution >= 4 is 33.9 Å². The van der Waals surface area contributed by atoms with Crippen LogP contribution in [0.4, 0.5) is 5.82 Å². The number of ether oxygens (including phenoxy) is 1. The molecule has 0 saturated carbocycles. The van der Waals surface area contributed by atoms with Crippen LogP contribution < -0.4 is 4.90 Å². The van der Waals surface area contributed by atoms with E-state index < -0.39 is 5.54 Å². The van der Waals surface area contributed by atoms with E-state index in [1.54, 1.807) is 12.2 Å². The number of nitrogens with one attached hydrogen (secondary N) is 1. The van der Waals surface area contributed by atoms with E-state index >= 15 is 0 Å². The Balaban J connectivity index is 1.26. The fraction of sp³-hybridized carbons (Fsp3) is 0.333. The molecular formula is C21H21ClN6O. The number of nitrogens with zero attached hydrogens (tertiary/aromatic N) is 5. The van der Waals surface area contributed by atoms with E-state index in [9.17, 15) is 0 Å². The van der Waals surface area contributed by atoms with Gasteiger partial charge in [-0.3, -0.25) is 9.67 Å². The average Bonchev–Trinajstić information content (AvgIpc) is 3.17. The first-order valence-corrected chi connectivity index (χ1v) is 10.0. The summed E-state index contributed by atoms with van der Waals surface area (Å²) in [7, 11) is 0. The molecule has 0 aromatic carbocycles. The van der Waals surface area contributed by atoms with Crippen LogP contribution in [-0.2, 0) is 11.3 Å². The Kier molecular flexibility index (Phi) is 4.56. The molecule has 1 fully saturated rings. The number of hydrogen-bond acceptors (Lipinski definition) is 6. The van der Waals surface area contributed by atoms with Crippen molar-refractivity contribution in [3.05, 3.63) is 60.1 Å². The van der Waals surface area contributed by atoms with E-state index in [2.05, 4.69) is 32.1 Å². The highest BCUT2D eigenvalue weighted by atomic mass is 35.5. The lowest BCUT2D eigenvalue weighted by molar-refractivity contribution is 0.122. The first kappa shape index (κ1) is 18.3. The standard InChI is InChI=1S/C21H21ClN6O/c22-19-3-2-18(23)21(26-19)9-16(10-21)17-12-25-28(14-17)13-15-1-4-20(24-11-15)27-5-7-29-8-6-27/h1-4,9,11-12,14,23H,5-8,10,13H2. The molecule has 1 aliphatic carbocycles. The minimum atomic E-state index is -0.595. The monoisotopic (exact) mass is 408 g/mol. The third kappa shape index (κ3) is 3.52. The van der Waals surface area contributed by atoms with Crippen LogP contribution in [0.15, 0.2) is 53.9 Å². The van der Waals surface area contributed by atoms with Gasteiger partial charge in [-0.05, 0) is 35.4 Å². The van der Waals surface area contributed by atoms with Crippen LogP contribution in [0.2, 0.25) is 0 Å². The Bertz CT molecular complexity index is 1030. The zero-order valence-electron chi connectivity index (χ0n) is 15.9. The summed E-state index contributed by atoms with van der Waals surface area (Å²) in [5.41, 5.74) is 3.19. The van der Waals surface area contributed by atoms with Crippen molar-refractivity contribution in [2.45, 2.75) is 18.5 Å². The van der Waals surface area contributed by atoms with Crippen molar-refractivity contribution < 1.29 is 4.74 Å². The highest BCUT2D eigenvalue weighted by Crippen LogP contribution is 2.42. The summed E-state index contributed by atoms with van der Waals surface area (Å²) in [6, 6.07) is 4.16. The summed E-state index contributed by atoms with van der Waals surface area (Å²) in [5.74, 6) is 0.992. The Labute approximate surface area is 173 Å². The number of morpholine rings is 1. The Morgan fingerprint density at radius 3 is 2.76 bits per heavy atom. The van der Waals surface area contributed by atoms with Gasteiger partial charge in [0.15, 0.2) is 0 Å². The summed E-state index contributed by atoms with van der Waals surface area (Å²) in [6.45, 7) is 3.94. The molecule has 0 amide bonds. The predicted molar refractivity (Wildman–Crippen MR) is 114 cm³/mol. The minimum absolute atomic E-state index is 0.444. The number of anilines is 1. The maximum Gasteiger partial charge on any atom is 0.128 e. The van der Waals surface area contributed by atoms with E-state index in [1.165, 1.54) is 0 Å². The second-order valence-electron chi connectivity index (χ2n) is 7.50. The Hall–Kier alpha value is -2.77. The fourth-order valence-corrected chi connectivity index (χ4v) is 4.07. The molecule has 0 radical (unpaired) electrons. The van der Waals surface area contributed by atoms with Crippen molar-refractivity contribution in [1.29, 1.82) is 5.41 Å². The number of rotatable bonds is 4. The van der Waals surface area contributed by atoms with Crippen LogP contribution in [0.5, 0.6) is 0 Å². The van der Waals surface area contributed by atoms with Gasteiger partial charge in [0.1, 0.15) is 16.5 Å². The van der Waals surface area contributed by atoms with Crippen molar-refractivity contribution in [2.75, 3.05) is 31.2 Å². The van der Waals surface area contributed by atoms with Gasteiger partial charge in [0, 0.05) is 37.5 Å². The molecule has 0 bridgehead atoms. The Morgan fingerprint density at radius 1 is 1.17 bits per heavy atom. The summed E-state index contributed by atoms with van der Waals surface area (Å²) < 4.78 is 7.30. The van der Waals surface area contributed by atoms with E-state index in [0.717, 1.165) is 48.8 Å². The maximum absolute atomic E-state index is 8.15. The molecule has 2 aromatic rings. The first-order valence-electron chi connectivity index (χ1n) is 9.66. The van der Waals surface area contributed by atoms with Gasteiger partial charge < -0.3 is 15.0 Å². The lowest BCUT2D eigenvalue weighted by Gasteiger charge is -2.37. The number of aliphatic imine (C=N–C) groups is 1. The van der Waals surface area contributed by atoms with Gasteiger partial charge >= 0.3 is 0 Å². The zero-order valence-corrected chi connectivity index (χ0v) is 16.6. The van der Waals surface area contributed by atoms with Crippen LogP contribution in [0.1, 0.15) is 17.5 Å². The quantitative estimate of drug-likeness (QED) is 0.843. The van der Waals surface area contributed by atoms with Gasteiger partial charge in [-0.25, -0.2) is 4.98 Å². The lowest BCUT2D eigenvalue weighted by atomic mass is 9.73. The SMILES string of the molecule is N=C1C=CC(Cl)=NC12C=C(c1cnn(Cc3ccc(N4CCOCC4)nc3)c1)C2. The third-order valence-corrected chi connectivity index (χ3v) is 5.74. The molecule has 1 atom stereocenters. The molecule has 1 N–H and O–H groups in total. The third-order valence-electron chi connectivity index (χ3n) is 5.53.